The fourth-order valence-corrected chi connectivity index (χ4v) is 2.70. The number of hydrogen-bond donors (Lipinski definition) is 4. The van der Waals surface area contributed by atoms with E-state index in [4.69, 9.17) is 0 Å². The molecule has 5 nitrogen and oxygen atoms in total. The summed E-state index contributed by atoms with van der Waals surface area (Å²) in [6.45, 7) is 2.26. The number of nitrogens with one attached hydrogen (secondary N) is 4. The van der Waals surface area contributed by atoms with Crippen LogP contribution in [0, 0.1) is 5.92 Å². The van der Waals surface area contributed by atoms with Crippen molar-refractivity contribution in [2.24, 2.45) is 5.92 Å². The molecule has 0 bridgehead atoms. The summed E-state index contributed by atoms with van der Waals surface area (Å²) in [6.07, 6.45) is 9.43. The summed E-state index contributed by atoms with van der Waals surface area (Å²) in [4.78, 5) is 2.09. The van der Waals surface area contributed by atoms with Crippen LogP contribution in [0.2, 0.25) is 0 Å². The van der Waals surface area contributed by atoms with Crippen LogP contribution >= 0.6 is 0 Å². The Morgan fingerprint density at radius 2 is 1.87 bits per heavy atom. The van der Waals surface area contributed by atoms with Gasteiger partial charge in [0.05, 0.1) is 6.04 Å². The largest absolute Gasteiger partial charge is 0.213 e. The maximum Gasteiger partial charge on any atom is 0.0731 e. The molecule has 15 heavy (non-hydrogen) atoms. The Labute approximate surface area is 90.2 Å². The van der Waals surface area contributed by atoms with E-state index in [1.165, 1.54) is 44.9 Å². The number of H-pyrrole nitrogens is 4. The molecule has 1 aromatic heterocycles. The Hall–Kier alpha value is -1.00. The zero-order valence-corrected chi connectivity index (χ0v) is 9.55. The monoisotopic (exact) mass is 213 g/mol. The standard InChI is InChI=1S/C10H23N5/c1-2-3-8-10(9-6-4-5-7-9)15-13-11-12-14-15/h9-14H,2-8H2,1H3. The molecule has 1 unspecified atom stereocenters. The lowest BCUT2D eigenvalue weighted by atomic mass is 9.94. The minimum absolute atomic E-state index is 0.606. The zero-order valence-electron chi connectivity index (χ0n) is 9.55. The normalized spacial score (nSPS) is 19.5. The first-order valence-electron chi connectivity index (χ1n) is 6.22. The average molecular weight is 213 g/mol. The third kappa shape index (κ3) is 2.52. The van der Waals surface area contributed by atoms with Gasteiger partial charge in [0.1, 0.15) is 0 Å². The van der Waals surface area contributed by atoms with Gasteiger partial charge in [0.25, 0.3) is 0 Å². The van der Waals surface area contributed by atoms with E-state index < -0.39 is 0 Å². The SMILES string of the molecule is CCCCC(C1CCCC1)n1[nH][nH][nH][nH]1. The third-order valence-corrected chi connectivity index (χ3v) is 3.54. The number of nitrogens with zero attached hydrogens (tertiary/aromatic N) is 1. The van der Waals surface area contributed by atoms with Crippen molar-refractivity contribution in [2.45, 2.75) is 57.9 Å². The van der Waals surface area contributed by atoms with E-state index in [1.54, 1.807) is 0 Å². The molecular weight excluding hydrogens is 190 g/mol. The van der Waals surface area contributed by atoms with E-state index in [0.29, 0.717) is 6.04 Å². The van der Waals surface area contributed by atoms with E-state index in [-0.39, 0.29) is 0 Å². The van der Waals surface area contributed by atoms with Gasteiger partial charge in [-0.05, 0) is 25.2 Å². The first-order valence-corrected chi connectivity index (χ1v) is 6.22. The van der Waals surface area contributed by atoms with Crippen LogP contribution in [0.3, 0.4) is 0 Å². The van der Waals surface area contributed by atoms with Crippen molar-refractivity contribution in [1.82, 2.24) is 25.7 Å². The summed E-state index contributed by atoms with van der Waals surface area (Å²) in [7, 11) is 0. The van der Waals surface area contributed by atoms with Gasteiger partial charge in [0.2, 0.25) is 0 Å². The summed E-state index contributed by atoms with van der Waals surface area (Å²) in [5, 5.41) is 11.9. The van der Waals surface area contributed by atoms with Crippen molar-refractivity contribution >= 4 is 0 Å². The molecule has 88 valence electrons. The van der Waals surface area contributed by atoms with Crippen molar-refractivity contribution in [2.75, 3.05) is 0 Å². The van der Waals surface area contributed by atoms with Gasteiger partial charge < -0.3 is 0 Å². The van der Waals surface area contributed by atoms with Gasteiger partial charge in [-0.2, -0.15) is 4.80 Å². The van der Waals surface area contributed by atoms with Crippen LogP contribution in [-0.4, -0.2) is 25.7 Å². The summed E-state index contributed by atoms with van der Waals surface area (Å²) < 4.78 is 0. The molecule has 1 saturated carbocycles. The van der Waals surface area contributed by atoms with Crippen LogP contribution in [0.5, 0.6) is 0 Å². The summed E-state index contributed by atoms with van der Waals surface area (Å²) in [5.74, 6) is 0.846. The predicted molar refractivity (Wildman–Crippen MR) is 60.0 cm³/mol. The van der Waals surface area contributed by atoms with E-state index in [0.717, 1.165) is 5.92 Å². The molecule has 0 aromatic carbocycles. The molecule has 0 spiro atoms. The maximum absolute atomic E-state index is 3.10. The average Bonchev–Trinajstić information content (AvgIpc) is 2.90. The number of unbranched alkanes of at least 4 members (excludes halogenated alkanes) is 1. The van der Waals surface area contributed by atoms with Gasteiger partial charge in [-0.1, -0.05) is 32.6 Å². The van der Waals surface area contributed by atoms with E-state index in [2.05, 4.69) is 32.6 Å². The lowest BCUT2D eigenvalue weighted by molar-refractivity contribution is 0.255. The quantitative estimate of drug-likeness (QED) is 0.581. The van der Waals surface area contributed by atoms with Gasteiger partial charge in [-0.25, -0.2) is 20.9 Å². The molecule has 1 aliphatic carbocycles. The van der Waals surface area contributed by atoms with E-state index in [1.807, 2.05) is 0 Å². The van der Waals surface area contributed by atoms with E-state index in [9.17, 15) is 0 Å². The van der Waals surface area contributed by atoms with Crippen LogP contribution in [-0.2, 0) is 0 Å². The minimum Gasteiger partial charge on any atom is -0.213 e. The molecule has 4 N–H and O–H groups in total. The van der Waals surface area contributed by atoms with Gasteiger partial charge in [0.15, 0.2) is 0 Å². The minimum atomic E-state index is 0.606. The van der Waals surface area contributed by atoms with Gasteiger partial charge in [-0.15, -0.1) is 0 Å². The van der Waals surface area contributed by atoms with Crippen molar-refractivity contribution in [3.05, 3.63) is 0 Å². The molecule has 1 aliphatic rings. The summed E-state index contributed by atoms with van der Waals surface area (Å²) >= 11 is 0. The van der Waals surface area contributed by atoms with Gasteiger partial charge in [0, 0.05) is 0 Å². The molecule has 1 heterocycles. The third-order valence-electron chi connectivity index (χ3n) is 3.54. The topological polar surface area (TPSA) is 68.1 Å². The Balaban J connectivity index is 2.01. The van der Waals surface area contributed by atoms with Crippen molar-refractivity contribution in [3.8, 4) is 0 Å². The van der Waals surface area contributed by atoms with Crippen LogP contribution in [0.25, 0.3) is 0 Å². The first-order chi connectivity index (χ1) is 7.42. The smallest absolute Gasteiger partial charge is 0.0731 e. The van der Waals surface area contributed by atoms with Crippen LogP contribution in [0.1, 0.15) is 57.9 Å². The zero-order chi connectivity index (χ0) is 10.5. The van der Waals surface area contributed by atoms with Crippen LogP contribution < -0.4 is 0 Å². The fraction of sp³-hybridized carbons (Fsp3) is 1.00. The Bertz CT molecular complexity index is 265. The molecule has 0 saturated heterocycles. The lowest BCUT2D eigenvalue weighted by Gasteiger charge is -2.22. The first kappa shape index (κ1) is 10.5. The second-order valence-electron chi connectivity index (χ2n) is 4.60. The number of aromatic nitrogens is 5. The second-order valence-corrected chi connectivity index (χ2v) is 4.60. The Kier molecular flexibility index (Phi) is 3.64. The molecule has 0 amide bonds. The fourth-order valence-electron chi connectivity index (χ4n) is 2.70. The Morgan fingerprint density at radius 3 is 2.47 bits per heavy atom. The molecule has 0 aliphatic heterocycles. The molecular formula is C10H23N5. The highest BCUT2D eigenvalue weighted by Gasteiger charge is 2.26. The second kappa shape index (κ2) is 5.19. The molecule has 1 fully saturated rings. The molecule has 5 heteroatoms. The summed E-state index contributed by atoms with van der Waals surface area (Å²) in [6, 6.07) is 0.606. The number of hydrogen-bond acceptors (Lipinski definition) is 0. The highest BCUT2D eigenvalue weighted by Crippen LogP contribution is 2.35. The van der Waals surface area contributed by atoms with Crippen molar-refractivity contribution < 1.29 is 0 Å². The van der Waals surface area contributed by atoms with E-state index >= 15 is 0 Å². The molecule has 2 rings (SSSR count). The molecule has 0 radical (unpaired) electrons. The Morgan fingerprint density at radius 1 is 1.20 bits per heavy atom. The van der Waals surface area contributed by atoms with Gasteiger partial charge in [-0.3, -0.25) is 0 Å². The predicted octanol–water partition coefficient (Wildman–Crippen LogP) is 2.85. The number of aromatic amines is 4. The maximum atomic E-state index is 3.10. The molecule has 1 atom stereocenters. The molecule has 1 aromatic rings. The summed E-state index contributed by atoms with van der Waals surface area (Å²) in [5.41, 5.74) is 0. The van der Waals surface area contributed by atoms with Gasteiger partial charge >= 0.3 is 0 Å². The van der Waals surface area contributed by atoms with Crippen molar-refractivity contribution in [1.29, 1.82) is 0 Å². The van der Waals surface area contributed by atoms with Crippen LogP contribution in [0.4, 0.5) is 0 Å². The lowest BCUT2D eigenvalue weighted by Crippen LogP contribution is -2.20. The highest BCUT2D eigenvalue weighted by molar-refractivity contribution is 4.76. The van der Waals surface area contributed by atoms with Crippen LogP contribution in [0.15, 0.2) is 0 Å². The highest BCUT2D eigenvalue weighted by atomic mass is 15.7. The van der Waals surface area contributed by atoms with Crippen molar-refractivity contribution in [3.63, 3.8) is 0 Å². The number of rotatable bonds is 5.